The summed E-state index contributed by atoms with van der Waals surface area (Å²) < 4.78 is 7.34. The van der Waals surface area contributed by atoms with Gasteiger partial charge in [-0.3, -0.25) is 4.99 Å². The van der Waals surface area contributed by atoms with Crippen LogP contribution in [0.25, 0.3) is 93.3 Å². The zero-order valence-electron chi connectivity index (χ0n) is 33.3. The maximum Gasteiger partial charge on any atom is 0.0791 e. The molecule has 12 aromatic rings. The second-order valence-electron chi connectivity index (χ2n) is 16.2. The highest BCUT2D eigenvalue weighted by atomic mass is 15.0. The van der Waals surface area contributed by atoms with Crippen molar-refractivity contribution in [3.63, 3.8) is 0 Å². The van der Waals surface area contributed by atoms with Gasteiger partial charge in [0, 0.05) is 54.6 Å². The SMILES string of the molecule is C1=CC(c2cccc(-n3c4ccccc4c4ccccc43)c2)=NC(c2cccc(-n3c4ccccc4c4c3ccc3c5ccccc5n(-c5cccc6ccccc56)c34)c2)C1. The van der Waals surface area contributed by atoms with Crippen molar-refractivity contribution in [2.75, 3.05) is 0 Å². The summed E-state index contributed by atoms with van der Waals surface area (Å²) in [6.07, 6.45) is 5.33. The quantitative estimate of drug-likeness (QED) is 0.166. The van der Waals surface area contributed by atoms with E-state index in [0.717, 1.165) is 29.1 Å². The van der Waals surface area contributed by atoms with E-state index in [1.165, 1.54) is 87.4 Å². The molecule has 0 saturated carbocycles. The van der Waals surface area contributed by atoms with Gasteiger partial charge in [-0.05, 0) is 84.1 Å². The minimum Gasteiger partial charge on any atom is -0.309 e. The summed E-state index contributed by atoms with van der Waals surface area (Å²) in [4.78, 5) is 5.46. The smallest absolute Gasteiger partial charge is 0.0791 e. The van der Waals surface area contributed by atoms with Crippen molar-refractivity contribution in [1.82, 2.24) is 13.7 Å². The Morgan fingerprint density at radius 2 is 0.967 bits per heavy atom. The molecule has 0 saturated heterocycles. The monoisotopic (exact) mass is 778 g/mol. The average molecular weight is 779 g/mol. The highest BCUT2D eigenvalue weighted by Gasteiger charge is 2.23. The van der Waals surface area contributed by atoms with Crippen LogP contribution in [0.1, 0.15) is 23.6 Å². The fourth-order valence-corrected chi connectivity index (χ4v) is 10.3. The van der Waals surface area contributed by atoms with Crippen LogP contribution in [0.2, 0.25) is 0 Å². The number of nitrogens with zero attached hydrogens (tertiary/aromatic N) is 4. The first-order valence-electron chi connectivity index (χ1n) is 21.2. The Hall–Kier alpha value is -7.95. The van der Waals surface area contributed by atoms with E-state index in [1.54, 1.807) is 0 Å². The fourth-order valence-electron chi connectivity index (χ4n) is 10.3. The second kappa shape index (κ2) is 13.3. The first-order chi connectivity index (χ1) is 30.3. The third kappa shape index (κ3) is 5.09. The lowest BCUT2D eigenvalue weighted by Gasteiger charge is -2.19. The molecule has 1 aliphatic heterocycles. The minimum atomic E-state index is -0.00876. The van der Waals surface area contributed by atoms with Gasteiger partial charge in [-0.1, -0.05) is 146 Å². The summed E-state index contributed by atoms with van der Waals surface area (Å²) in [5.74, 6) is 0. The Labute approximate surface area is 352 Å². The Morgan fingerprint density at radius 1 is 0.410 bits per heavy atom. The van der Waals surface area contributed by atoms with Crippen molar-refractivity contribution < 1.29 is 0 Å². The molecular weight excluding hydrogens is 741 g/mol. The molecule has 9 aromatic carbocycles. The van der Waals surface area contributed by atoms with Crippen LogP contribution in [0.5, 0.6) is 0 Å². The third-order valence-corrected chi connectivity index (χ3v) is 12.9. The molecule has 0 spiro atoms. The molecule has 1 unspecified atom stereocenters. The molecule has 4 heteroatoms. The van der Waals surface area contributed by atoms with Gasteiger partial charge < -0.3 is 13.7 Å². The summed E-state index contributed by atoms with van der Waals surface area (Å²) >= 11 is 0. The Kier molecular flexibility index (Phi) is 7.40. The van der Waals surface area contributed by atoms with Gasteiger partial charge in [0.1, 0.15) is 0 Å². The number of dihydropyridines is 1. The van der Waals surface area contributed by atoms with Crippen molar-refractivity contribution >= 4 is 81.9 Å². The van der Waals surface area contributed by atoms with E-state index >= 15 is 0 Å². The minimum absolute atomic E-state index is 0.00876. The van der Waals surface area contributed by atoms with Crippen molar-refractivity contribution in [2.24, 2.45) is 4.99 Å². The normalized spacial score (nSPS) is 14.4. The van der Waals surface area contributed by atoms with Crippen LogP contribution in [0.3, 0.4) is 0 Å². The van der Waals surface area contributed by atoms with Crippen LogP contribution in [-0.4, -0.2) is 19.4 Å². The standard InChI is InChI=1S/C57H38N4/c1-2-21-42-37(15-1)16-13-32-50(42)61-53-30-9-5-24-45(53)46-33-34-55-56(57(46)61)47-25-6-10-31-54(47)60(55)41-20-12-18-39(36-41)49-27-14-26-48(58-49)38-17-11-19-40(35-38)59-51-28-7-3-22-43(51)44-23-4-8-29-52(44)59/h1-26,28-36,49H,27H2. The number of aliphatic imine (C=N–C) groups is 1. The van der Waals surface area contributed by atoms with Crippen molar-refractivity contribution in [3.8, 4) is 17.1 Å². The third-order valence-electron chi connectivity index (χ3n) is 12.9. The molecule has 0 bridgehead atoms. The zero-order chi connectivity index (χ0) is 40.0. The fraction of sp³-hybridized carbons (Fsp3) is 0.0351. The molecule has 0 N–H and O–H groups in total. The van der Waals surface area contributed by atoms with Crippen molar-refractivity contribution in [1.29, 1.82) is 0 Å². The molecule has 0 fully saturated rings. The van der Waals surface area contributed by atoms with E-state index < -0.39 is 0 Å². The topological polar surface area (TPSA) is 27.1 Å². The first kappa shape index (κ1) is 34.0. The Bertz CT molecular complexity index is 3750. The van der Waals surface area contributed by atoms with Crippen molar-refractivity contribution in [3.05, 3.63) is 223 Å². The number of para-hydroxylation sites is 4. The van der Waals surface area contributed by atoms with Crippen molar-refractivity contribution in [2.45, 2.75) is 12.5 Å². The number of benzene rings is 9. The molecule has 1 aliphatic rings. The molecular formula is C57H38N4. The summed E-state index contributed by atoms with van der Waals surface area (Å²) in [7, 11) is 0. The predicted octanol–water partition coefficient (Wildman–Crippen LogP) is 14.6. The number of allylic oxidation sites excluding steroid dienone is 1. The second-order valence-corrected chi connectivity index (χ2v) is 16.2. The van der Waals surface area contributed by atoms with E-state index in [0.29, 0.717) is 0 Å². The van der Waals surface area contributed by atoms with Gasteiger partial charge in [-0.15, -0.1) is 0 Å². The number of aromatic nitrogens is 3. The molecule has 0 amide bonds. The van der Waals surface area contributed by atoms with Crippen LogP contribution in [0.4, 0.5) is 0 Å². The summed E-state index contributed by atoms with van der Waals surface area (Å²) in [5, 5.41) is 10.00. The molecule has 1 atom stereocenters. The number of hydrogen-bond acceptors (Lipinski definition) is 1. The highest BCUT2D eigenvalue weighted by Crippen LogP contribution is 2.43. The lowest BCUT2D eigenvalue weighted by Crippen LogP contribution is -2.08. The first-order valence-corrected chi connectivity index (χ1v) is 21.2. The predicted molar refractivity (Wildman–Crippen MR) is 256 cm³/mol. The maximum atomic E-state index is 5.46. The number of hydrogen-bond donors (Lipinski definition) is 0. The molecule has 0 aliphatic carbocycles. The average Bonchev–Trinajstić information content (AvgIpc) is 3.97. The Morgan fingerprint density at radius 3 is 1.72 bits per heavy atom. The van der Waals surface area contributed by atoms with E-state index in [9.17, 15) is 0 Å². The van der Waals surface area contributed by atoms with E-state index in [2.05, 4.69) is 226 Å². The summed E-state index contributed by atoms with van der Waals surface area (Å²) in [6, 6.07) is 73.0. The van der Waals surface area contributed by atoms with Crippen LogP contribution in [-0.2, 0) is 0 Å². The van der Waals surface area contributed by atoms with Crippen LogP contribution in [0, 0.1) is 0 Å². The highest BCUT2D eigenvalue weighted by molar-refractivity contribution is 6.26. The lowest BCUT2D eigenvalue weighted by atomic mass is 9.98. The van der Waals surface area contributed by atoms with Gasteiger partial charge in [0.05, 0.1) is 50.5 Å². The molecule has 0 radical (unpaired) electrons. The number of fused-ring (bicyclic) bond motifs is 11. The zero-order valence-corrected chi connectivity index (χ0v) is 33.3. The van der Waals surface area contributed by atoms with E-state index in [1.807, 2.05) is 0 Å². The maximum absolute atomic E-state index is 5.46. The lowest BCUT2D eigenvalue weighted by molar-refractivity contribution is 0.736. The van der Waals surface area contributed by atoms with Gasteiger partial charge in [-0.2, -0.15) is 0 Å². The molecule has 3 aromatic heterocycles. The molecule has 4 heterocycles. The number of rotatable bonds is 5. The van der Waals surface area contributed by atoms with Crippen LogP contribution in [0.15, 0.2) is 217 Å². The molecule has 61 heavy (non-hydrogen) atoms. The van der Waals surface area contributed by atoms with Gasteiger partial charge in [0.25, 0.3) is 0 Å². The van der Waals surface area contributed by atoms with Gasteiger partial charge in [-0.25, -0.2) is 0 Å². The summed E-state index contributed by atoms with van der Waals surface area (Å²) in [6.45, 7) is 0. The van der Waals surface area contributed by atoms with E-state index in [4.69, 9.17) is 4.99 Å². The van der Waals surface area contributed by atoms with E-state index in [-0.39, 0.29) is 6.04 Å². The van der Waals surface area contributed by atoms with Crippen LogP contribution >= 0.6 is 0 Å². The van der Waals surface area contributed by atoms with Gasteiger partial charge in [0.2, 0.25) is 0 Å². The Balaban J connectivity index is 0.957. The largest absolute Gasteiger partial charge is 0.309 e. The van der Waals surface area contributed by atoms with Crippen LogP contribution < -0.4 is 0 Å². The molecule has 4 nitrogen and oxygen atoms in total. The van der Waals surface area contributed by atoms with Gasteiger partial charge in [0.15, 0.2) is 0 Å². The molecule has 286 valence electrons. The summed E-state index contributed by atoms with van der Waals surface area (Å²) in [5.41, 5.74) is 14.0. The molecule has 13 rings (SSSR count). The van der Waals surface area contributed by atoms with Gasteiger partial charge >= 0.3 is 0 Å².